The molecule has 1 fully saturated rings. The zero-order chi connectivity index (χ0) is 15.4. The van der Waals surface area contributed by atoms with Crippen molar-refractivity contribution in [2.45, 2.75) is 32.1 Å². The molecule has 8 nitrogen and oxygen atoms in total. The number of aliphatic hydroxyl groups is 1. The average Bonchev–Trinajstić information content (AvgIpc) is 3.18. The van der Waals surface area contributed by atoms with Crippen LogP contribution in [0.4, 0.5) is 0 Å². The number of H-pyrrole nitrogens is 1. The third kappa shape index (κ3) is 3.70. The first kappa shape index (κ1) is 15.1. The average molecular weight is 306 g/mol. The molecule has 3 rings (SSSR count). The molecule has 2 unspecified atom stereocenters. The van der Waals surface area contributed by atoms with Crippen LogP contribution < -0.4 is 0 Å². The van der Waals surface area contributed by atoms with Gasteiger partial charge in [0.2, 0.25) is 0 Å². The van der Waals surface area contributed by atoms with Crippen LogP contribution in [-0.2, 0) is 17.7 Å². The highest BCUT2D eigenvalue weighted by atomic mass is 16.5. The Morgan fingerprint density at radius 1 is 1.50 bits per heavy atom. The predicted octanol–water partition coefficient (Wildman–Crippen LogP) is -0.00200. The Kier molecular flexibility index (Phi) is 4.81. The van der Waals surface area contributed by atoms with Gasteiger partial charge in [0.05, 0.1) is 19.3 Å². The van der Waals surface area contributed by atoms with Crippen molar-refractivity contribution in [3.05, 3.63) is 30.1 Å². The summed E-state index contributed by atoms with van der Waals surface area (Å²) >= 11 is 0. The molecule has 0 aromatic carbocycles. The van der Waals surface area contributed by atoms with Gasteiger partial charge in [-0.3, -0.25) is 14.7 Å². The standard InChI is InChI=1S/C14H22N6O2/c1-2-13-16-14(18-17-13)12-10-19(6-7-22-12)8-11(21)9-20-5-3-4-15-20/h3-5,11-12,21H,2,6-10H2,1H3,(H,16,17,18). The quantitative estimate of drug-likeness (QED) is 0.780. The molecule has 2 aromatic heterocycles. The molecular weight excluding hydrogens is 284 g/mol. The maximum absolute atomic E-state index is 10.2. The van der Waals surface area contributed by atoms with Crippen LogP contribution in [0, 0.1) is 0 Å². The molecule has 2 aromatic rings. The van der Waals surface area contributed by atoms with E-state index in [1.165, 1.54) is 0 Å². The van der Waals surface area contributed by atoms with E-state index in [9.17, 15) is 5.11 Å². The molecule has 0 spiro atoms. The Bertz CT molecular complexity index is 570. The van der Waals surface area contributed by atoms with Gasteiger partial charge in [-0.25, -0.2) is 4.98 Å². The number of hydrogen-bond acceptors (Lipinski definition) is 6. The van der Waals surface area contributed by atoms with Gasteiger partial charge in [0.25, 0.3) is 0 Å². The van der Waals surface area contributed by atoms with Crippen LogP contribution in [-0.4, -0.2) is 67.3 Å². The first-order chi connectivity index (χ1) is 10.7. The van der Waals surface area contributed by atoms with E-state index in [1.807, 2.05) is 19.2 Å². The van der Waals surface area contributed by atoms with Crippen molar-refractivity contribution in [2.24, 2.45) is 0 Å². The summed E-state index contributed by atoms with van der Waals surface area (Å²) in [5, 5.41) is 21.4. The van der Waals surface area contributed by atoms with E-state index in [0.717, 1.165) is 18.8 Å². The van der Waals surface area contributed by atoms with Gasteiger partial charge >= 0.3 is 0 Å². The molecule has 0 radical (unpaired) electrons. The molecule has 0 saturated carbocycles. The Labute approximate surface area is 129 Å². The van der Waals surface area contributed by atoms with Crippen molar-refractivity contribution in [3.63, 3.8) is 0 Å². The summed E-state index contributed by atoms with van der Waals surface area (Å²) in [6.07, 6.45) is 3.79. The highest BCUT2D eigenvalue weighted by Gasteiger charge is 2.26. The zero-order valence-electron chi connectivity index (χ0n) is 12.7. The number of aromatic nitrogens is 5. The van der Waals surface area contributed by atoms with Crippen molar-refractivity contribution in [1.29, 1.82) is 0 Å². The predicted molar refractivity (Wildman–Crippen MR) is 79.1 cm³/mol. The molecule has 2 atom stereocenters. The van der Waals surface area contributed by atoms with Crippen molar-refractivity contribution < 1.29 is 9.84 Å². The lowest BCUT2D eigenvalue weighted by molar-refractivity contribution is -0.0473. The van der Waals surface area contributed by atoms with E-state index < -0.39 is 6.10 Å². The van der Waals surface area contributed by atoms with Crippen molar-refractivity contribution in [3.8, 4) is 0 Å². The summed E-state index contributed by atoms with van der Waals surface area (Å²) in [7, 11) is 0. The largest absolute Gasteiger partial charge is 0.390 e. The van der Waals surface area contributed by atoms with E-state index in [1.54, 1.807) is 10.9 Å². The number of ether oxygens (including phenoxy) is 1. The van der Waals surface area contributed by atoms with Gasteiger partial charge < -0.3 is 9.84 Å². The Morgan fingerprint density at radius 3 is 3.14 bits per heavy atom. The van der Waals surface area contributed by atoms with E-state index in [0.29, 0.717) is 32.1 Å². The highest BCUT2D eigenvalue weighted by Crippen LogP contribution is 2.19. The second-order valence-corrected chi connectivity index (χ2v) is 5.49. The van der Waals surface area contributed by atoms with Crippen LogP contribution in [0.15, 0.2) is 18.5 Å². The van der Waals surface area contributed by atoms with Crippen molar-refractivity contribution >= 4 is 0 Å². The first-order valence-corrected chi connectivity index (χ1v) is 7.65. The summed E-state index contributed by atoms with van der Waals surface area (Å²) in [6, 6.07) is 1.85. The number of aryl methyl sites for hydroxylation is 1. The fourth-order valence-corrected chi connectivity index (χ4v) is 2.62. The summed E-state index contributed by atoms with van der Waals surface area (Å²) in [6.45, 7) is 5.23. The number of nitrogens with zero attached hydrogens (tertiary/aromatic N) is 5. The lowest BCUT2D eigenvalue weighted by Crippen LogP contribution is -2.43. The number of aromatic amines is 1. The summed E-state index contributed by atoms with van der Waals surface area (Å²) in [4.78, 5) is 6.62. The molecule has 2 N–H and O–H groups in total. The molecule has 120 valence electrons. The minimum Gasteiger partial charge on any atom is -0.390 e. The summed E-state index contributed by atoms with van der Waals surface area (Å²) < 4.78 is 7.50. The van der Waals surface area contributed by atoms with Gasteiger partial charge in [0.15, 0.2) is 5.82 Å². The van der Waals surface area contributed by atoms with Gasteiger partial charge in [-0.2, -0.15) is 10.2 Å². The molecular formula is C14H22N6O2. The van der Waals surface area contributed by atoms with Crippen LogP contribution >= 0.6 is 0 Å². The Balaban J connectivity index is 1.53. The SMILES string of the molecule is CCc1nc(C2CN(CC(O)Cn3cccn3)CCO2)n[nH]1. The number of β-amino-alcohol motifs (C(OH)–C–C–N with tert-alkyl or cyclic N) is 1. The fourth-order valence-electron chi connectivity index (χ4n) is 2.62. The normalized spacial score (nSPS) is 21.1. The van der Waals surface area contributed by atoms with Gasteiger partial charge in [0.1, 0.15) is 11.9 Å². The Morgan fingerprint density at radius 2 is 2.41 bits per heavy atom. The molecule has 1 aliphatic rings. The maximum Gasteiger partial charge on any atom is 0.180 e. The molecule has 8 heteroatoms. The van der Waals surface area contributed by atoms with E-state index in [-0.39, 0.29) is 6.10 Å². The molecule has 1 saturated heterocycles. The third-order valence-corrected chi connectivity index (χ3v) is 3.75. The number of rotatable bonds is 6. The lowest BCUT2D eigenvalue weighted by atomic mass is 10.2. The van der Waals surface area contributed by atoms with Crippen LogP contribution in [0.3, 0.4) is 0 Å². The van der Waals surface area contributed by atoms with Gasteiger partial charge in [0, 0.05) is 38.4 Å². The highest BCUT2D eigenvalue weighted by molar-refractivity contribution is 4.96. The van der Waals surface area contributed by atoms with Gasteiger partial charge in [-0.05, 0) is 6.07 Å². The fraction of sp³-hybridized carbons (Fsp3) is 0.643. The van der Waals surface area contributed by atoms with Gasteiger partial charge in [-0.1, -0.05) is 6.92 Å². The third-order valence-electron chi connectivity index (χ3n) is 3.75. The monoisotopic (exact) mass is 306 g/mol. The molecule has 3 heterocycles. The van der Waals surface area contributed by atoms with E-state index >= 15 is 0 Å². The number of nitrogens with one attached hydrogen (secondary N) is 1. The molecule has 0 amide bonds. The Hall–Kier alpha value is -1.77. The van der Waals surface area contributed by atoms with Crippen molar-refractivity contribution in [2.75, 3.05) is 26.2 Å². The molecule has 1 aliphatic heterocycles. The smallest absolute Gasteiger partial charge is 0.180 e. The minimum absolute atomic E-state index is 0.137. The lowest BCUT2D eigenvalue weighted by Gasteiger charge is -2.32. The molecule has 22 heavy (non-hydrogen) atoms. The summed E-state index contributed by atoms with van der Waals surface area (Å²) in [5.74, 6) is 1.57. The molecule has 0 aliphatic carbocycles. The number of hydrogen-bond donors (Lipinski definition) is 2. The van der Waals surface area contributed by atoms with Crippen LogP contribution in [0.25, 0.3) is 0 Å². The van der Waals surface area contributed by atoms with E-state index in [4.69, 9.17) is 4.74 Å². The maximum atomic E-state index is 10.2. The van der Waals surface area contributed by atoms with Gasteiger partial charge in [-0.15, -0.1) is 0 Å². The number of morpholine rings is 1. The van der Waals surface area contributed by atoms with E-state index in [2.05, 4.69) is 25.2 Å². The van der Waals surface area contributed by atoms with Crippen LogP contribution in [0.1, 0.15) is 24.7 Å². The van der Waals surface area contributed by atoms with Crippen LogP contribution in [0.5, 0.6) is 0 Å². The van der Waals surface area contributed by atoms with Crippen molar-refractivity contribution in [1.82, 2.24) is 29.9 Å². The second-order valence-electron chi connectivity index (χ2n) is 5.49. The first-order valence-electron chi connectivity index (χ1n) is 7.65. The van der Waals surface area contributed by atoms with Crippen LogP contribution in [0.2, 0.25) is 0 Å². The minimum atomic E-state index is -0.461. The zero-order valence-corrected chi connectivity index (χ0v) is 12.7. The number of aliphatic hydroxyl groups excluding tert-OH is 1. The summed E-state index contributed by atoms with van der Waals surface area (Å²) in [5.41, 5.74) is 0. The second kappa shape index (κ2) is 6.99. The molecule has 0 bridgehead atoms. The topological polar surface area (TPSA) is 92.1 Å².